The lowest BCUT2D eigenvalue weighted by atomic mass is 10.0. The molecule has 0 saturated carbocycles. The third kappa shape index (κ3) is 5.17. The molecule has 1 amide bonds. The van der Waals surface area contributed by atoms with Crippen LogP contribution in [0.3, 0.4) is 0 Å². The first-order chi connectivity index (χ1) is 17.1. The summed E-state index contributed by atoms with van der Waals surface area (Å²) < 4.78 is 5.40. The number of amides is 1. The summed E-state index contributed by atoms with van der Waals surface area (Å²) in [6, 6.07) is 13.2. The van der Waals surface area contributed by atoms with Crippen LogP contribution in [0.2, 0.25) is 0 Å². The number of nitrogens with zero attached hydrogens (tertiary/aromatic N) is 5. The lowest BCUT2D eigenvalue weighted by molar-refractivity contribution is 0.0723. The van der Waals surface area contributed by atoms with E-state index in [0.29, 0.717) is 30.4 Å². The molecule has 0 aliphatic carbocycles. The quantitative estimate of drug-likeness (QED) is 0.458. The van der Waals surface area contributed by atoms with Crippen molar-refractivity contribution in [1.82, 2.24) is 24.8 Å². The fraction of sp³-hybridized carbons (Fsp3) is 0.222. The molecule has 0 unspecified atom stereocenters. The highest BCUT2D eigenvalue weighted by atomic mass is 16.5. The van der Waals surface area contributed by atoms with Gasteiger partial charge < -0.3 is 15.4 Å². The van der Waals surface area contributed by atoms with Gasteiger partial charge in [-0.25, -0.2) is 15.0 Å². The van der Waals surface area contributed by atoms with E-state index < -0.39 is 0 Å². The Hall–Kier alpha value is -4.17. The number of aromatic nitrogens is 4. The molecule has 0 radical (unpaired) electrons. The summed E-state index contributed by atoms with van der Waals surface area (Å²) in [6.07, 6.45) is 8.18. The molecule has 4 aromatic rings. The Balaban J connectivity index is 1.43. The minimum atomic E-state index is -0.133. The van der Waals surface area contributed by atoms with Crippen LogP contribution in [-0.4, -0.2) is 44.0 Å². The van der Waals surface area contributed by atoms with E-state index in [4.69, 9.17) is 10.5 Å². The van der Waals surface area contributed by atoms with Crippen molar-refractivity contribution >= 4 is 28.2 Å². The zero-order valence-electron chi connectivity index (χ0n) is 19.5. The molecule has 0 saturated heterocycles. The van der Waals surface area contributed by atoms with Gasteiger partial charge >= 0.3 is 0 Å². The molecule has 4 heterocycles. The Morgan fingerprint density at radius 2 is 1.94 bits per heavy atom. The van der Waals surface area contributed by atoms with Gasteiger partial charge in [-0.15, -0.1) is 0 Å². The van der Waals surface area contributed by atoms with Crippen molar-refractivity contribution in [2.45, 2.75) is 26.4 Å². The van der Waals surface area contributed by atoms with Crippen LogP contribution in [0.15, 0.2) is 67.1 Å². The topological polar surface area (TPSA) is 107 Å². The van der Waals surface area contributed by atoms with Gasteiger partial charge in [0.25, 0.3) is 5.91 Å². The molecule has 0 atom stereocenters. The zero-order chi connectivity index (χ0) is 24.2. The summed E-state index contributed by atoms with van der Waals surface area (Å²) >= 11 is 0. The second-order valence-corrected chi connectivity index (χ2v) is 8.52. The molecular formula is C27H26N6O2. The van der Waals surface area contributed by atoms with E-state index in [1.165, 1.54) is 5.57 Å². The standard InChI is InChI=1S/C27H26N6O2/c1-18-13-22-14-20(4-6-24(22)32-26(18)28)27(34)33(17-25-29-9-2-10-30-25)16-23-5-3-21(15-31-23)19-7-11-35-12-8-19/h2-7,9-10,13-15H,8,11-12,16-17H2,1H3,(H2,28,32). The van der Waals surface area contributed by atoms with Gasteiger partial charge in [-0.2, -0.15) is 0 Å². The van der Waals surface area contributed by atoms with Crippen molar-refractivity contribution in [2.24, 2.45) is 0 Å². The van der Waals surface area contributed by atoms with Crippen LogP contribution < -0.4 is 5.73 Å². The average Bonchev–Trinajstić information content (AvgIpc) is 2.90. The van der Waals surface area contributed by atoms with Crippen molar-refractivity contribution in [2.75, 3.05) is 18.9 Å². The van der Waals surface area contributed by atoms with E-state index in [2.05, 4.69) is 32.1 Å². The van der Waals surface area contributed by atoms with Gasteiger partial charge in [0.1, 0.15) is 11.6 Å². The number of fused-ring (bicyclic) bond motifs is 1. The minimum absolute atomic E-state index is 0.133. The van der Waals surface area contributed by atoms with Crippen molar-refractivity contribution < 1.29 is 9.53 Å². The number of hydrogen-bond donors (Lipinski definition) is 1. The van der Waals surface area contributed by atoms with E-state index in [1.54, 1.807) is 29.4 Å². The number of nitrogen functional groups attached to an aromatic ring is 1. The molecule has 1 aromatic carbocycles. The number of hydrogen-bond acceptors (Lipinski definition) is 7. The predicted molar refractivity (Wildman–Crippen MR) is 134 cm³/mol. The third-order valence-corrected chi connectivity index (χ3v) is 6.04. The van der Waals surface area contributed by atoms with Crippen molar-refractivity contribution in [3.05, 3.63) is 95.3 Å². The van der Waals surface area contributed by atoms with Gasteiger partial charge in [-0.1, -0.05) is 12.1 Å². The highest BCUT2D eigenvalue weighted by Gasteiger charge is 2.19. The van der Waals surface area contributed by atoms with Crippen molar-refractivity contribution in [3.63, 3.8) is 0 Å². The molecule has 0 spiro atoms. The van der Waals surface area contributed by atoms with Gasteiger partial charge in [0.15, 0.2) is 0 Å². The molecule has 0 fully saturated rings. The summed E-state index contributed by atoms with van der Waals surface area (Å²) in [4.78, 5) is 33.0. The number of aryl methyl sites for hydroxylation is 1. The average molecular weight is 467 g/mol. The molecule has 1 aliphatic rings. The number of pyridine rings is 2. The summed E-state index contributed by atoms with van der Waals surface area (Å²) in [5.41, 5.74) is 11.2. The van der Waals surface area contributed by atoms with Crippen LogP contribution in [0.25, 0.3) is 16.5 Å². The van der Waals surface area contributed by atoms with Crippen LogP contribution in [0.5, 0.6) is 0 Å². The summed E-state index contributed by atoms with van der Waals surface area (Å²) in [7, 11) is 0. The first-order valence-electron chi connectivity index (χ1n) is 11.5. The number of carbonyl (C=O) groups is 1. The second-order valence-electron chi connectivity index (χ2n) is 8.52. The fourth-order valence-electron chi connectivity index (χ4n) is 4.09. The highest BCUT2D eigenvalue weighted by Crippen LogP contribution is 2.23. The molecular weight excluding hydrogens is 440 g/mol. The fourth-order valence-corrected chi connectivity index (χ4v) is 4.09. The maximum Gasteiger partial charge on any atom is 0.254 e. The minimum Gasteiger partial charge on any atom is -0.383 e. The monoisotopic (exact) mass is 466 g/mol. The smallest absolute Gasteiger partial charge is 0.254 e. The SMILES string of the molecule is Cc1cc2cc(C(=O)N(Cc3ccc(C4=CCOCC4)cn3)Cc3ncccn3)ccc2nc1N. The Labute approximate surface area is 203 Å². The maximum atomic E-state index is 13.6. The highest BCUT2D eigenvalue weighted by molar-refractivity contribution is 5.98. The van der Waals surface area contributed by atoms with E-state index >= 15 is 0 Å². The molecule has 5 rings (SSSR count). The van der Waals surface area contributed by atoms with Crippen LogP contribution in [0.1, 0.15) is 39.4 Å². The Morgan fingerprint density at radius 3 is 2.69 bits per heavy atom. The van der Waals surface area contributed by atoms with Gasteiger partial charge in [0.2, 0.25) is 0 Å². The van der Waals surface area contributed by atoms with Gasteiger partial charge in [-0.3, -0.25) is 9.78 Å². The van der Waals surface area contributed by atoms with Crippen LogP contribution >= 0.6 is 0 Å². The number of benzene rings is 1. The Morgan fingerprint density at radius 1 is 1.09 bits per heavy atom. The van der Waals surface area contributed by atoms with E-state index in [9.17, 15) is 4.79 Å². The van der Waals surface area contributed by atoms with Crippen LogP contribution in [0.4, 0.5) is 5.82 Å². The number of ether oxygens (including phenoxy) is 1. The first kappa shape index (κ1) is 22.6. The normalized spacial score (nSPS) is 13.5. The van der Waals surface area contributed by atoms with Gasteiger partial charge in [-0.05, 0) is 66.4 Å². The Kier molecular flexibility index (Phi) is 6.45. The number of anilines is 1. The predicted octanol–water partition coefficient (Wildman–Crippen LogP) is 3.96. The maximum absolute atomic E-state index is 13.6. The third-order valence-electron chi connectivity index (χ3n) is 6.04. The molecule has 176 valence electrons. The van der Waals surface area contributed by atoms with E-state index in [-0.39, 0.29) is 12.5 Å². The summed E-state index contributed by atoms with van der Waals surface area (Å²) in [5.74, 6) is 0.924. The van der Waals surface area contributed by atoms with Crippen LogP contribution in [0, 0.1) is 6.92 Å². The lowest BCUT2D eigenvalue weighted by Crippen LogP contribution is -2.31. The van der Waals surface area contributed by atoms with E-state index in [0.717, 1.165) is 40.8 Å². The molecule has 35 heavy (non-hydrogen) atoms. The molecule has 8 nitrogen and oxygen atoms in total. The molecule has 3 aromatic heterocycles. The summed E-state index contributed by atoms with van der Waals surface area (Å²) in [6.45, 7) is 3.85. The lowest BCUT2D eigenvalue weighted by Gasteiger charge is -2.22. The molecule has 2 N–H and O–H groups in total. The number of nitrogens with two attached hydrogens (primary N) is 1. The van der Waals surface area contributed by atoms with E-state index in [1.807, 2.05) is 37.4 Å². The van der Waals surface area contributed by atoms with Crippen LogP contribution in [-0.2, 0) is 17.8 Å². The summed E-state index contributed by atoms with van der Waals surface area (Å²) in [5, 5.41) is 0.866. The van der Waals surface area contributed by atoms with Crippen molar-refractivity contribution in [3.8, 4) is 0 Å². The largest absolute Gasteiger partial charge is 0.383 e. The number of rotatable bonds is 6. The second kappa shape index (κ2) is 9.99. The first-order valence-corrected chi connectivity index (χ1v) is 11.5. The van der Waals surface area contributed by atoms with Gasteiger partial charge in [0, 0.05) is 29.5 Å². The van der Waals surface area contributed by atoms with Gasteiger partial charge in [0.05, 0.1) is 37.5 Å². The van der Waals surface area contributed by atoms with Crippen molar-refractivity contribution in [1.29, 1.82) is 0 Å². The molecule has 1 aliphatic heterocycles. The zero-order valence-corrected chi connectivity index (χ0v) is 19.5. The Bertz CT molecular complexity index is 1390. The molecule has 8 heteroatoms. The molecule has 0 bridgehead atoms. The number of carbonyl (C=O) groups excluding carboxylic acids is 1.